The van der Waals surface area contributed by atoms with Crippen molar-refractivity contribution in [2.45, 2.75) is 25.7 Å². The molecule has 2 N–H and O–H groups in total. The first-order chi connectivity index (χ1) is 8.24. The van der Waals surface area contributed by atoms with Crippen molar-refractivity contribution in [2.24, 2.45) is 5.73 Å². The molecule has 0 aliphatic heterocycles. The molecule has 0 aliphatic carbocycles. The molecule has 18 heavy (non-hydrogen) atoms. The number of nitrogens with two attached hydrogens (primary N) is 1. The molecule has 0 amide bonds. The molecule has 0 saturated heterocycles. The van der Waals surface area contributed by atoms with Gasteiger partial charge in [0.05, 0.1) is 12.1 Å². The summed E-state index contributed by atoms with van der Waals surface area (Å²) in [5, 5.41) is 0. The molecule has 0 bridgehead atoms. The van der Waals surface area contributed by atoms with Crippen LogP contribution in [0.3, 0.4) is 0 Å². The second-order valence-corrected chi connectivity index (χ2v) is 4.13. The number of ether oxygens (including phenoxy) is 2. The lowest BCUT2D eigenvalue weighted by atomic mass is 9.94. The van der Waals surface area contributed by atoms with Gasteiger partial charge in [0.25, 0.3) is 0 Å². The maximum atomic E-state index is 12.1. The number of rotatable bonds is 5. The van der Waals surface area contributed by atoms with Gasteiger partial charge in [-0.1, -0.05) is 12.1 Å². The minimum absolute atomic E-state index is 0.221. The van der Waals surface area contributed by atoms with Crippen LogP contribution in [0.1, 0.15) is 19.4 Å². The Morgan fingerprint density at radius 1 is 1.28 bits per heavy atom. The van der Waals surface area contributed by atoms with Gasteiger partial charge in [0, 0.05) is 6.61 Å². The van der Waals surface area contributed by atoms with Gasteiger partial charge < -0.3 is 15.2 Å². The third-order valence-corrected chi connectivity index (χ3v) is 2.33. The predicted molar refractivity (Wildman–Crippen MR) is 61.2 cm³/mol. The summed E-state index contributed by atoms with van der Waals surface area (Å²) in [6.07, 6.45) is -4.70. The standard InChI is InChI=1S/C12H16F3NO2/c1-3-17-8-11(2,16)9-5-4-6-10(7-9)18-12(13,14)15/h4-7H,3,8,16H2,1-2H3. The molecule has 1 aromatic carbocycles. The van der Waals surface area contributed by atoms with E-state index in [1.807, 2.05) is 6.92 Å². The third kappa shape index (κ3) is 4.54. The smallest absolute Gasteiger partial charge is 0.406 e. The molecule has 102 valence electrons. The van der Waals surface area contributed by atoms with E-state index < -0.39 is 11.9 Å². The molecular formula is C12H16F3NO2. The first-order valence-corrected chi connectivity index (χ1v) is 5.47. The Bertz CT molecular complexity index is 391. The van der Waals surface area contributed by atoms with E-state index in [2.05, 4.69) is 4.74 Å². The van der Waals surface area contributed by atoms with Gasteiger partial charge in [-0.05, 0) is 31.5 Å². The van der Waals surface area contributed by atoms with Crippen LogP contribution in [0.5, 0.6) is 5.75 Å². The Morgan fingerprint density at radius 3 is 2.50 bits per heavy atom. The Labute approximate surface area is 104 Å². The molecule has 0 radical (unpaired) electrons. The average Bonchev–Trinajstić information content (AvgIpc) is 2.24. The second kappa shape index (κ2) is 5.58. The van der Waals surface area contributed by atoms with Gasteiger partial charge in [-0.3, -0.25) is 0 Å². The lowest BCUT2D eigenvalue weighted by molar-refractivity contribution is -0.274. The fourth-order valence-corrected chi connectivity index (χ4v) is 1.45. The Balaban J connectivity index is 2.87. The highest BCUT2D eigenvalue weighted by Crippen LogP contribution is 2.27. The van der Waals surface area contributed by atoms with Crippen molar-refractivity contribution in [3.8, 4) is 5.75 Å². The summed E-state index contributed by atoms with van der Waals surface area (Å²) < 4.78 is 45.3. The normalized spacial score (nSPS) is 15.2. The van der Waals surface area contributed by atoms with Crippen molar-refractivity contribution < 1.29 is 22.6 Å². The number of halogens is 3. The molecule has 0 saturated carbocycles. The van der Waals surface area contributed by atoms with Crippen molar-refractivity contribution in [3.05, 3.63) is 29.8 Å². The molecule has 0 spiro atoms. The number of alkyl halides is 3. The molecule has 0 fully saturated rings. The van der Waals surface area contributed by atoms with Gasteiger partial charge >= 0.3 is 6.36 Å². The molecule has 3 nitrogen and oxygen atoms in total. The first-order valence-electron chi connectivity index (χ1n) is 5.47. The average molecular weight is 263 g/mol. The van der Waals surface area contributed by atoms with E-state index in [0.717, 1.165) is 0 Å². The molecular weight excluding hydrogens is 247 g/mol. The maximum absolute atomic E-state index is 12.1. The van der Waals surface area contributed by atoms with Crippen LogP contribution < -0.4 is 10.5 Å². The SMILES string of the molecule is CCOCC(C)(N)c1cccc(OC(F)(F)F)c1. The molecule has 0 aliphatic rings. The van der Waals surface area contributed by atoms with Gasteiger partial charge in [-0.15, -0.1) is 13.2 Å². The molecule has 1 rings (SSSR count). The summed E-state index contributed by atoms with van der Waals surface area (Å²) >= 11 is 0. The van der Waals surface area contributed by atoms with E-state index in [0.29, 0.717) is 12.2 Å². The maximum Gasteiger partial charge on any atom is 0.573 e. The van der Waals surface area contributed by atoms with E-state index in [-0.39, 0.29) is 12.4 Å². The zero-order valence-corrected chi connectivity index (χ0v) is 10.3. The van der Waals surface area contributed by atoms with Crippen molar-refractivity contribution in [1.29, 1.82) is 0 Å². The fourth-order valence-electron chi connectivity index (χ4n) is 1.45. The van der Waals surface area contributed by atoms with Crippen LogP contribution in [-0.2, 0) is 10.3 Å². The van der Waals surface area contributed by atoms with Crippen LogP contribution >= 0.6 is 0 Å². The number of hydrogen-bond acceptors (Lipinski definition) is 3. The largest absolute Gasteiger partial charge is 0.573 e. The summed E-state index contributed by atoms with van der Waals surface area (Å²) in [5.41, 5.74) is 5.66. The van der Waals surface area contributed by atoms with E-state index in [1.165, 1.54) is 18.2 Å². The summed E-state index contributed by atoms with van der Waals surface area (Å²) in [4.78, 5) is 0. The van der Waals surface area contributed by atoms with Gasteiger partial charge in [-0.25, -0.2) is 0 Å². The highest BCUT2D eigenvalue weighted by atomic mass is 19.4. The Hall–Kier alpha value is -1.27. The van der Waals surface area contributed by atoms with Crippen LogP contribution in [0.2, 0.25) is 0 Å². The lowest BCUT2D eigenvalue weighted by Gasteiger charge is -2.25. The van der Waals surface area contributed by atoms with Crippen LogP contribution in [0.15, 0.2) is 24.3 Å². The predicted octanol–water partition coefficient (Wildman–Crippen LogP) is 2.80. The summed E-state index contributed by atoms with van der Waals surface area (Å²) in [7, 11) is 0. The molecule has 0 aromatic heterocycles. The topological polar surface area (TPSA) is 44.5 Å². The monoisotopic (exact) mass is 263 g/mol. The quantitative estimate of drug-likeness (QED) is 0.888. The molecule has 1 unspecified atom stereocenters. The zero-order chi connectivity index (χ0) is 13.8. The van der Waals surface area contributed by atoms with Crippen LogP contribution in [0.4, 0.5) is 13.2 Å². The van der Waals surface area contributed by atoms with E-state index >= 15 is 0 Å². The highest BCUT2D eigenvalue weighted by molar-refractivity contribution is 5.33. The first kappa shape index (κ1) is 14.8. The van der Waals surface area contributed by atoms with Crippen LogP contribution in [0.25, 0.3) is 0 Å². The second-order valence-electron chi connectivity index (χ2n) is 4.13. The Morgan fingerprint density at radius 2 is 1.94 bits per heavy atom. The van der Waals surface area contributed by atoms with Gasteiger partial charge in [-0.2, -0.15) is 0 Å². The van der Waals surface area contributed by atoms with E-state index in [4.69, 9.17) is 10.5 Å². The van der Waals surface area contributed by atoms with Crippen LogP contribution in [0, 0.1) is 0 Å². The highest BCUT2D eigenvalue weighted by Gasteiger charge is 2.31. The third-order valence-electron chi connectivity index (χ3n) is 2.33. The Kier molecular flexibility index (Phi) is 4.59. The number of benzene rings is 1. The fraction of sp³-hybridized carbons (Fsp3) is 0.500. The van der Waals surface area contributed by atoms with Crippen molar-refractivity contribution in [2.75, 3.05) is 13.2 Å². The van der Waals surface area contributed by atoms with Crippen molar-refractivity contribution in [1.82, 2.24) is 0 Å². The summed E-state index contributed by atoms with van der Waals surface area (Å²) in [5.74, 6) is -0.284. The van der Waals surface area contributed by atoms with Crippen molar-refractivity contribution >= 4 is 0 Å². The minimum atomic E-state index is -4.70. The van der Waals surface area contributed by atoms with Crippen LogP contribution in [-0.4, -0.2) is 19.6 Å². The zero-order valence-electron chi connectivity index (χ0n) is 10.3. The molecule has 1 atom stereocenters. The molecule has 1 aromatic rings. The summed E-state index contributed by atoms with van der Waals surface area (Å²) in [6, 6.07) is 5.61. The van der Waals surface area contributed by atoms with E-state index in [9.17, 15) is 13.2 Å². The molecule has 0 heterocycles. The number of hydrogen-bond donors (Lipinski definition) is 1. The van der Waals surface area contributed by atoms with Gasteiger partial charge in [0.15, 0.2) is 0 Å². The summed E-state index contributed by atoms with van der Waals surface area (Å²) in [6.45, 7) is 4.22. The van der Waals surface area contributed by atoms with Crippen molar-refractivity contribution in [3.63, 3.8) is 0 Å². The van der Waals surface area contributed by atoms with Gasteiger partial charge in [0.2, 0.25) is 0 Å². The lowest BCUT2D eigenvalue weighted by Crippen LogP contribution is -2.38. The van der Waals surface area contributed by atoms with E-state index in [1.54, 1.807) is 13.0 Å². The molecule has 6 heteroatoms. The minimum Gasteiger partial charge on any atom is -0.406 e. The van der Waals surface area contributed by atoms with Gasteiger partial charge in [0.1, 0.15) is 5.75 Å².